The van der Waals surface area contributed by atoms with Crippen molar-refractivity contribution in [2.45, 2.75) is 13.5 Å². The van der Waals surface area contributed by atoms with E-state index in [1.165, 1.54) is 11.3 Å². The van der Waals surface area contributed by atoms with Gasteiger partial charge in [-0.2, -0.15) is 0 Å². The number of aryl methyl sites for hydroxylation is 1. The summed E-state index contributed by atoms with van der Waals surface area (Å²) in [6.45, 7) is 2.71. The molecule has 0 aliphatic rings. The van der Waals surface area contributed by atoms with E-state index < -0.39 is 0 Å². The van der Waals surface area contributed by atoms with Gasteiger partial charge in [-0.15, -0.1) is 11.3 Å². The summed E-state index contributed by atoms with van der Waals surface area (Å²) in [7, 11) is 1.88. The number of nitrogens with one attached hydrogen (secondary N) is 1. The van der Waals surface area contributed by atoms with Crippen LogP contribution in [0, 0.1) is 6.92 Å². The van der Waals surface area contributed by atoms with Crippen molar-refractivity contribution in [2.75, 3.05) is 7.05 Å². The minimum absolute atomic E-state index is 0.753. The summed E-state index contributed by atoms with van der Waals surface area (Å²) in [6.07, 6.45) is 0. The molecule has 0 unspecified atom stereocenters. The second-order valence-corrected chi connectivity index (χ2v) is 3.79. The number of halogens is 1. The Morgan fingerprint density at radius 2 is 2.40 bits per heavy atom. The van der Waals surface area contributed by atoms with Gasteiger partial charge in [-0.3, -0.25) is 0 Å². The van der Waals surface area contributed by atoms with Crippen LogP contribution in [-0.4, -0.2) is 12.0 Å². The first-order valence-corrected chi connectivity index (χ1v) is 4.20. The molecule has 0 aliphatic heterocycles. The number of aromatic nitrogens is 1. The molecular weight excluding hydrogens is 168 g/mol. The molecule has 0 atom stereocenters. The predicted molar refractivity (Wildman–Crippen MR) is 44.6 cm³/mol. The van der Waals surface area contributed by atoms with Crippen LogP contribution in [0.4, 0.5) is 0 Å². The topological polar surface area (TPSA) is 24.9 Å². The first-order valence-electron chi connectivity index (χ1n) is 3.00. The van der Waals surface area contributed by atoms with E-state index in [1.807, 2.05) is 14.0 Å². The van der Waals surface area contributed by atoms with Crippen molar-refractivity contribution in [2.24, 2.45) is 0 Å². The average molecular weight is 177 g/mol. The molecule has 0 aromatic carbocycles. The van der Waals surface area contributed by atoms with E-state index >= 15 is 0 Å². The molecule has 2 nitrogen and oxygen atoms in total. The molecule has 4 heteroatoms. The summed E-state index contributed by atoms with van der Waals surface area (Å²) >= 11 is 7.36. The molecule has 1 N–H and O–H groups in total. The zero-order valence-corrected chi connectivity index (χ0v) is 7.51. The maximum absolute atomic E-state index is 5.84. The first-order chi connectivity index (χ1) is 4.74. The highest BCUT2D eigenvalue weighted by atomic mass is 35.5. The Kier molecular flexibility index (Phi) is 2.65. The molecule has 1 heterocycles. The largest absolute Gasteiger partial charge is 0.314 e. The molecule has 10 heavy (non-hydrogen) atoms. The minimum Gasteiger partial charge on any atom is -0.314 e. The minimum atomic E-state index is 0.753. The molecule has 0 fully saturated rings. The standard InChI is InChI=1S/C6H9ClN2S/c1-4-9-5(3-8-2)6(7)10-4/h8H,3H2,1-2H3. The van der Waals surface area contributed by atoms with Gasteiger partial charge in [0.1, 0.15) is 4.34 Å². The van der Waals surface area contributed by atoms with E-state index in [9.17, 15) is 0 Å². The van der Waals surface area contributed by atoms with E-state index in [-0.39, 0.29) is 0 Å². The second kappa shape index (κ2) is 3.32. The van der Waals surface area contributed by atoms with Gasteiger partial charge in [-0.25, -0.2) is 4.98 Å². The van der Waals surface area contributed by atoms with Crippen LogP contribution in [0.1, 0.15) is 10.7 Å². The quantitative estimate of drug-likeness (QED) is 0.744. The van der Waals surface area contributed by atoms with Crippen molar-refractivity contribution >= 4 is 22.9 Å². The Morgan fingerprint density at radius 3 is 2.80 bits per heavy atom. The molecule has 0 aliphatic carbocycles. The van der Waals surface area contributed by atoms with E-state index in [0.29, 0.717) is 0 Å². The van der Waals surface area contributed by atoms with Gasteiger partial charge in [0.25, 0.3) is 0 Å². The molecule has 0 saturated heterocycles. The lowest BCUT2D eigenvalue weighted by Gasteiger charge is -1.91. The zero-order chi connectivity index (χ0) is 7.56. The van der Waals surface area contributed by atoms with E-state index in [0.717, 1.165) is 21.6 Å². The Balaban J connectivity index is 2.81. The van der Waals surface area contributed by atoms with Crippen LogP contribution in [0.25, 0.3) is 0 Å². The molecule has 0 amide bonds. The molecule has 0 saturated carbocycles. The van der Waals surface area contributed by atoms with E-state index in [4.69, 9.17) is 11.6 Å². The van der Waals surface area contributed by atoms with Crippen LogP contribution in [0.3, 0.4) is 0 Å². The van der Waals surface area contributed by atoms with Crippen molar-refractivity contribution in [3.63, 3.8) is 0 Å². The van der Waals surface area contributed by atoms with Crippen LogP contribution in [-0.2, 0) is 6.54 Å². The SMILES string of the molecule is CNCc1nc(C)sc1Cl. The molecule has 1 rings (SSSR count). The lowest BCUT2D eigenvalue weighted by molar-refractivity contribution is 0.795. The number of hydrogen-bond donors (Lipinski definition) is 1. The lowest BCUT2D eigenvalue weighted by Crippen LogP contribution is -2.05. The van der Waals surface area contributed by atoms with Crippen molar-refractivity contribution in [1.82, 2.24) is 10.3 Å². The van der Waals surface area contributed by atoms with Crippen LogP contribution >= 0.6 is 22.9 Å². The highest BCUT2D eigenvalue weighted by Gasteiger charge is 2.03. The summed E-state index contributed by atoms with van der Waals surface area (Å²) in [4.78, 5) is 4.22. The third-order valence-electron chi connectivity index (χ3n) is 1.10. The number of thiazole rings is 1. The van der Waals surface area contributed by atoms with Crippen LogP contribution < -0.4 is 5.32 Å². The Morgan fingerprint density at radius 1 is 1.70 bits per heavy atom. The second-order valence-electron chi connectivity index (χ2n) is 1.98. The van der Waals surface area contributed by atoms with Crippen molar-refractivity contribution in [3.05, 3.63) is 15.0 Å². The summed E-state index contributed by atoms with van der Waals surface area (Å²) in [6, 6.07) is 0. The predicted octanol–water partition coefficient (Wildman–Crippen LogP) is 1.82. The molecule has 0 bridgehead atoms. The van der Waals surface area contributed by atoms with E-state index in [2.05, 4.69) is 10.3 Å². The smallest absolute Gasteiger partial charge is 0.117 e. The third-order valence-corrected chi connectivity index (χ3v) is 2.35. The lowest BCUT2D eigenvalue weighted by atomic mass is 10.5. The van der Waals surface area contributed by atoms with Gasteiger partial charge in [-0.05, 0) is 14.0 Å². The summed E-state index contributed by atoms with van der Waals surface area (Å²) in [5.41, 5.74) is 0.951. The maximum atomic E-state index is 5.84. The van der Waals surface area contributed by atoms with Gasteiger partial charge < -0.3 is 5.32 Å². The molecular formula is C6H9ClN2S. The van der Waals surface area contributed by atoms with Crippen LogP contribution in [0.15, 0.2) is 0 Å². The summed E-state index contributed by atoms with van der Waals surface area (Å²) < 4.78 is 0.798. The normalized spacial score (nSPS) is 10.3. The fourth-order valence-electron chi connectivity index (χ4n) is 0.722. The van der Waals surface area contributed by atoms with Crippen molar-refractivity contribution in [3.8, 4) is 0 Å². The van der Waals surface area contributed by atoms with Gasteiger partial charge in [0, 0.05) is 6.54 Å². The number of hydrogen-bond acceptors (Lipinski definition) is 3. The van der Waals surface area contributed by atoms with Crippen LogP contribution in [0.2, 0.25) is 4.34 Å². The summed E-state index contributed by atoms with van der Waals surface area (Å²) in [5.74, 6) is 0. The van der Waals surface area contributed by atoms with Gasteiger partial charge in [0.05, 0.1) is 10.7 Å². The highest BCUT2D eigenvalue weighted by Crippen LogP contribution is 2.22. The Hall–Kier alpha value is -0.120. The molecule has 56 valence electrons. The van der Waals surface area contributed by atoms with Gasteiger partial charge in [-0.1, -0.05) is 11.6 Å². The molecule has 1 aromatic heterocycles. The zero-order valence-electron chi connectivity index (χ0n) is 5.94. The van der Waals surface area contributed by atoms with Crippen molar-refractivity contribution in [1.29, 1.82) is 0 Å². The van der Waals surface area contributed by atoms with Gasteiger partial charge in [0.15, 0.2) is 0 Å². The monoisotopic (exact) mass is 176 g/mol. The molecule has 0 spiro atoms. The Labute approximate surface area is 69.2 Å². The van der Waals surface area contributed by atoms with E-state index in [1.54, 1.807) is 0 Å². The summed E-state index contributed by atoms with van der Waals surface area (Å²) in [5, 5.41) is 4.02. The highest BCUT2D eigenvalue weighted by molar-refractivity contribution is 7.15. The Bertz CT molecular complexity index is 222. The van der Waals surface area contributed by atoms with Gasteiger partial charge >= 0.3 is 0 Å². The van der Waals surface area contributed by atoms with Crippen LogP contribution in [0.5, 0.6) is 0 Å². The fraction of sp³-hybridized carbons (Fsp3) is 0.500. The first kappa shape index (κ1) is 7.98. The number of rotatable bonds is 2. The molecule has 1 aromatic rings. The third kappa shape index (κ3) is 1.68. The average Bonchev–Trinajstić information content (AvgIpc) is 2.13. The van der Waals surface area contributed by atoms with Crippen molar-refractivity contribution < 1.29 is 0 Å². The van der Waals surface area contributed by atoms with Gasteiger partial charge in [0.2, 0.25) is 0 Å². The maximum Gasteiger partial charge on any atom is 0.117 e. The number of nitrogens with zero attached hydrogens (tertiary/aromatic N) is 1. The fourth-order valence-corrected chi connectivity index (χ4v) is 1.82. The molecule has 0 radical (unpaired) electrons.